The highest BCUT2D eigenvalue weighted by Crippen LogP contribution is 2.21. The molecule has 0 aliphatic carbocycles. The molecule has 18 heavy (non-hydrogen) atoms. The van der Waals surface area contributed by atoms with Crippen LogP contribution >= 0.6 is 0 Å². The summed E-state index contributed by atoms with van der Waals surface area (Å²) in [7, 11) is 2.11. The largest absolute Gasteiger partial charge is 0.309 e. The Morgan fingerprint density at radius 3 is 2.94 bits per heavy atom. The van der Waals surface area contributed by atoms with E-state index in [-0.39, 0.29) is 10.6 Å². The molecule has 1 fully saturated rings. The molecule has 1 aliphatic rings. The van der Waals surface area contributed by atoms with Gasteiger partial charge in [0.25, 0.3) is 5.69 Å². The number of rotatable bonds is 4. The molecule has 1 aromatic carbocycles. The Morgan fingerprint density at radius 1 is 1.56 bits per heavy atom. The van der Waals surface area contributed by atoms with Crippen LogP contribution in [-0.2, 0) is 6.54 Å². The Hall–Kier alpha value is -1.46. The van der Waals surface area contributed by atoms with E-state index in [0.29, 0.717) is 12.6 Å². The third kappa shape index (κ3) is 2.86. The molecule has 1 saturated heterocycles. The molecule has 0 saturated carbocycles. The first-order valence-corrected chi connectivity index (χ1v) is 6.22. The van der Waals surface area contributed by atoms with Crippen LogP contribution in [0.3, 0.4) is 0 Å². The van der Waals surface area contributed by atoms with Crippen LogP contribution in [0.2, 0.25) is 0 Å². The Labute approximate surface area is 107 Å². The molecule has 1 heterocycles. The van der Waals surface area contributed by atoms with Gasteiger partial charge in [0.2, 0.25) is 0 Å². The van der Waals surface area contributed by atoms with Gasteiger partial charge in [-0.25, -0.2) is 0 Å². The van der Waals surface area contributed by atoms with Crippen LogP contribution in [0, 0.1) is 17.0 Å². The zero-order valence-electron chi connectivity index (χ0n) is 10.8. The van der Waals surface area contributed by atoms with Gasteiger partial charge in [0.05, 0.1) is 4.92 Å². The molecule has 0 spiro atoms. The highest BCUT2D eigenvalue weighted by molar-refractivity contribution is 5.44. The van der Waals surface area contributed by atoms with Crippen molar-refractivity contribution in [3.8, 4) is 0 Å². The smallest absolute Gasteiger partial charge is 0.272 e. The third-order valence-electron chi connectivity index (χ3n) is 3.59. The lowest BCUT2D eigenvalue weighted by atomic mass is 10.1. The monoisotopic (exact) mass is 249 g/mol. The molecule has 2 rings (SSSR count). The number of hydrogen-bond donors (Lipinski definition) is 1. The lowest BCUT2D eigenvalue weighted by Gasteiger charge is -2.14. The van der Waals surface area contributed by atoms with Gasteiger partial charge in [-0.15, -0.1) is 0 Å². The maximum Gasteiger partial charge on any atom is 0.272 e. The van der Waals surface area contributed by atoms with Crippen molar-refractivity contribution in [1.29, 1.82) is 0 Å². The quantitative estimate of drug-likeness (QED) is 0.651. The van der Waals surface area contributed by atoms with Crippen LogP contribution in [-0.4, -0.2) is 36.0 Å². The molecule has 1 unspecified atom stereocenters. The van der Waals surface area contributed by atoms with Crippen LogP contribution < -0.4 is 5.32 Å². The molecule has 5 heteroatoms. The van der Waals surface area contributed by atoms with Crippen molar-refractivity contribution in [1.82, 2.24) is 10.2 Å². The first kappa shape index (κ1) is 13.0. The van der Waals surface area contributed by atoms with E-state index in [2.05, 4.69) is 17.3 Å². The molecule has 0 bridgehead atoms. The van der Waals surface area contributed by atoms with Crippen molar-refractivity contribution in [2.75, 3.05) is 20.1 Å². The van der Waals surface area contributed by atoms with Crippen LogP contribution in [0.5, 0.6) is 0 Å². The van der Waals surface area contributed by atoms with Crippen molar-refractivity contribution >= 4 is 5.69 Å². The number of hydrogen-bond acceptors (Lipinski definition) is 4. The highest BCUT2D eigenvalue weighted by atomic mass is 16.6. The SMILES string of the molecule is Cc1c(CNC2CCN(C)C2)cccc1[N+](=O)[O-]. The molecular weight excluding hydrogens is 230 g/mol. The van der Waals surface area contributed by atoms with Gasteiger partial charge < -0.3 is 10.2 Å². The summed E-state index contributed by atoms with van der Waals surface area (Å²) in [4.78, 5) is 12.8. The third-order valence-corrected chi connectivity index (χ3v) is 3.59. The summed E-state index contributed by atoms with van der Waals surface area (Å²) in [6.07, 6.45) is 1.14. The number of benzene rings is 1. The average Bonchev–Trinajstić information content (AvgIpc) is 2.73. The maximum atomic E-state index is 10.9. The number of likely N-dealkylation sites (N-methyl/N-ethyl adjacent to an activating group) is 1. The second-order valence-corrected chi connectivity index (χ2v) is 4.95. The Morgan fingerprint density at radius 2 is 2.33 bits per heavy atom. The van der Waals surface area contributed by atoms with Crippen LogP contribution in [0.4, 0.5) is 5.69 Å². The Kier molecular flexibility index (Phi) is 3.93. The summed E-state index contributed by atoms with van der Waals surface area (Å²) in [6.45, 7) is 4.68. The standard InChI is InChI=1S/C13H19N3O2/c1-10-11(4-3-5-13(10)16(17)18)8-14-12-6-7-15(2)9-12/h3-5,12,14H,6-9H2,1-2H3. The van der Waals surface area contributed by atoms with E-state index in [9.17, 15) is 10.1 Å². The van der Waals surface area contributed by atoms with Crippen molar-refractivity contribution < 1.29 is 4.92 Å². The van der Waals surface area contributed by atoms with Gasteiger partial charge in [0, 0.05) is 30.8 Å². The van der Waals surface area contributed by atoms with E-state index in [4.69, 9.17) is 0 Å². The van der Waals surface area contributed by atoms with Crippen molar-refractivity contribution in [3.05, 3.63) is 39.4 Å². The van der Waals surface area contributed by atoms with Crippen LogP contribution in [0.25, 0.3) is 0 Å². The van der Waals surface area contributed by atoms with E-state index in [1.54, 1.807) is 12.1 Å². The van der Waals surface area contributed by atoms with Crippen LogP contribution in [0.15, 0.2) is 18.2 Å². The molecule has 5 nitrogen and oxygen atoms in total. The minimum atomic E-state index is -0.317. The van der Waals surface area contributed by atoms with Gasteiger partial charge in [0.15, 0.2) is 0 Å². The van der Waals surface area contributed by atoms with E-state index in [0.717, 1.165) is 30.6 Å². The summed E-state index contributed by atoms with van der Waals surface area (Å²) in [5.74, 6) is 0. The van der Waals surface area contributed by atoms with Gasteiger partial charge in [0.1, 0.15) is 0 Å². The average molecular weight is 249 g/mol. The normalized spacial score (nSPS) is 20.2. The first-order valence-electron chi connectivity index (χ1n) is 6.22. The topological polar surface area (TPSA) is 58.4 Å². The minimum Gasteiger partial charge on any atom is -0.309 e. The number of nitro benzene ring substituents is 1. The van der Waals surface area contributed by atoms with E-state index >= 15 is 0 Å². The van der Waals surface area contributed by atoms with E-state index in [1.807, 2.05) is 13.0 Å². The second-order valence-electron chi connectivity index (χ2n) is 4.95. The summed E-state index contributed by atoms with van der Waals surface area (Å²) >= 11 is 0. The van der Waals surface area contributed by atoms with Crippen molar-refractivity contribution in [2.24, 2.45) is 0 Å². The zero-order chi connectivity index (χ0) is 13.1. The van der Waals surface area contributed by atoms with Crippen molar-refractivity contribution in [3.63, 3.8) is 0 Å². The second kappa shape index (κ2) is 5.46. The zero-order valence-corrected chi connectivity index (χ0v) is 10.8. The molecule has 0 aromatic heterocycles. The van der Waals surface area contributed by atoms with Gasteiger partial charge in [-0.2, -0.15) is 0 Å². The summed E-state index contributed by atoms with van der Waals surface area (Å²) in [5, 5.41) is 14.3. The lowest BCUT2D eigenvalue weighted by Crippen LogP contribution is -2.31. The number of nitro groups is 1. The lowest BCUT2D eigenvalue weighted by molar-refractivity contribution is -0.385. The summed E-state index contributed by atoms with van der Waals surface area (Å²) in [6, 6.07) is 5.76. The van der Waals surface area contributed by atoms with Crippen molar-refractivity contribution in [2.45, 2.75) is 25.9 Å². The molecule has 1 N–H and O–H groups in total. The highest BCUT2D eigenvalue weighted by Gasteiger charge is 2.19. The van der Waals surface area contributed by atoms with Gasteiger partial charge >= 0.3 is 0 Å². The predicted molar refractivity (Wildman–Crippen MR) is 70.6 cm³/mol. The molecule has 1 atom stereocenters. The summed E-state index contributed by atoms with van der Waals surface area (Å²) in [5.41, 5.74) is 1.98. The fourth-order valence-corrected chi connectivity index (χ4v) is 2.42. The van der Waals surface area contributed by atoms with Crippen LogP contribution in [0.1, 0.15) is 17.5 Å². The Balaban J connectivity index is 2.01. The fourth-order valence-electron chi connectivity index (χ4n) is 2.42. The van der Waals surface area contributed by atoms with E-state index in [1.165, 1.54) is 0 Å². The molecule has 1 aliphatic heterocycles. The minimum absolute atomic E-state index is 0.206. The predicted octanol–water partition coefficient (Wildman–Crippen LogP) is 1.70. The van der Waals surface area contributed by atoms with Gasteiger partial charge in [-0.1, -0.05) is 12.1 Å². The molecule has 0 radical (unpaired) electrons. The Bertz CT molecular complexity index is 448. The fraction of sp³-hybridized carbons (Fsp3) is 0.538. The molecule has 1 aromatic rings. The first-order chi connectivity index (χ1) is 8.58. The maximum absolute atomic E-state index is 10.9. The number of nitrogens with one attached hydrogen (secondary N) is 1. The number of likely N-dealkylation sites (tertiary alicyclic amines) is 1. The number of nitrogens with zero attached hydrogens (tertiary/aromatic N) is 2. The van der Waals surface area contributed by atoms with E-state index < -0.39 is 0 Å². The van der Waals surface area contributed by atoms with Gasteiger partial charge in [-0.3, -0.25) is 10.1 Å². The molecule has 98 valence electrons. The molecular formula is C13H19N3O2. The molecule has 0 amide bonds. The summed E-state index contributed by atoms with van der Waals surface area (Å²) < 4.78 is 0. The van der Waals surface area contributed by atoms with Gasteiger partial charge in [-0.05, 0) is 32.5 Å².